The van der Waals surface area contributed by atoms with Crippen LogP contribution >= 0.6 is 0 Å². The quantitative estimate of drug-likeness (QED) is 0.746. The third-order valence-corrected chi connectivity index (χ3v) is 4.88. The fraction of sp³-hybridized carbons (Fsp3) is 0.350. The number of hydrogen-bond acceptors (Lipinski definition) is 3. The number of benzene rings is 1. The van der Waals surface area contributed by atoms with Gasteiger partial charge in [0.25, 0.3) is 5.56 Å². The van der Waals surface area contributed by atoms with Gasteiger partial charge in [0.05, 0.1) is 17.4 Å². The highest BCUT2D eigenvalue weighted by molar-refractivity contribution is 5.78. The molecule has 0 bridgehead atoms. The molecule has 1 saturated heterocycles. The van der Waals surface area contributed by atoms with Crippen molar-refractivity contribution >= 4 is 11.6 Å². The summed E-state index contributed by atoms with van der Waals surface area (Å²) in [6.45, 7) is 6.53. The van der Waals surface area contributed by atoms with E-state index >= 15 is 0 Å². The summed E-state index contributed by atoms with van der Waals surface area (Å²) >= 11 is 0. The Morgan fingerprint density at radius 2 is 1.85 bits per heavy atom. The number of H-pyrrole nitrogens is 1. The van der Waals surface area contributed by atoms with E-state index in [1.54, 1.807) is 0 Å². The van der Waals surface area contributed by atoms with Gasteiger partial charge in [0.2, 0.25) is 5.91 Å². The van der Waals surface area contributed by atoms with Crippen molar-refractivity contribution in [1.29, 1.82) is 0 Å². The molecule has 3 heterocycles. The minimum absolute atomic E-state index is 0.00527. The molecule has 1 aromatic carbocycles. The van der Waals surface area contributed by atoms with Crippen molar-refractivity contribution < 1.29 is 4.79 Å². The molecule has 6 heteroatoms. The number of carbonyl (C=O) groups is 1. The fourth-order valence-corrected chi connectivity index (χ4v) is 3.32. The highest BCUT2D eigenvalue weighted by Gasteiger charge is 2.24. The molecule has 1 aliphatic rings. The van der Waals surface area contributed by atoms with E-state index in [0.717, 1.165) is 11.3 Å². The van der Waals surface area contributed by atoms with Crippen LogP contribution in [0.25, 0.3) is 16.9 Å². The summed E-state index contributed by atoms with van der Waals surface area (Å²) in [7, 11) is 0. The van der Waals surface area contributed by atoms with E-state index in [1.807, 2.05) is 6.07 Å². The van der Waals surface area contributed by atoms with Gasteiger partial charge in [0.1, 0.15) is 0 Å². The second-order valence-corrected chi connectivity index (χ2v) is 7.87. The lowest BCUT2D eigenvalue weighted by molar-refractivity contribution is -0.119. The Bertz CT molecular complexity index is 1040. The molecular formula is C20H22N4O2. The second-order valence-electron chi connectivity index (χ2n) is 7.87. The molecule has 134 valence electrons. The third kappa shape index (κ3) is 2.92. The zero-order chi connectivity index (χ0) is 18.5. The Morgan fingerprint density at radius 3 is 2.46 bits per heavy atom. The predicted octanol–water partition coefficient (Wildman–Crippen LogP) is 2.94. The lowest BCUT2D eigenvalue weighted by atomic mass is 9.86. The van der Waals surface area contributed by atoms with Gasteiger partial charge < -0.3 is 5.32 Å². The van der Waals surface area contributed by atoms with Crippen LogP contribution in [0, 0.1) is 0 Å². The standard InChI is InChI=1S/C20H22N4O2/c1-20(2,3)13-6-4-12(5-7-13)15-10-17-21-16(11-19(26)24(17)23-15)14-8-9-18(25)22-14/h4-7,10-11,14,23H,8-9H2,1-3H3,(H,22,25). The Balaban J connectivity index is 1.72. The summed E-state index contributed by atoms with van der Waals surface area (Å²) in [6, 6.07) is 11.5. The molecule has 1 atom stereocenters. The summed E-state index contributed by atoms with van der Waals surface area (Å²) in [5.74, 6) is 0.00527. The first-order valence-corrected chi connectivity index (χ1v) is 8.84. The zero-order valence-electron chi connectivity index (χ0n) is 15.2. The van der Waals surface area contributed by atoms with E-state index in [0.29, 0.717) is 24.2 Å². The highest BCUT2D eigenvalue weighted by atomic mass is 16.2. The molecule has 1 unspecified atom stereocenters. The number of carbonyl (C=O) groups excluding carboxylic acids is 1. The summed E-state index contributed by atoms with van der Waals surface area (Å²) < 4.78 is 1.44. The van der Waals surface area contributed by atoms with Gasteiger partial charge in [-0.3, -0.25) is 14.7 Å². The average molecular weight is 350 g/mol. The smallest absolute Gasteiger partial charge is 0.272 e. The van der Waals surface area contributed by atoms with Crippen molar-refractivity contribution in [3.8, 4) is 11.3 Å². The topological polar surface area (TPSA) is 79.3 Å². The van der Waals surface area contributed by atoms with Crippen LogP contribution in [0.2, 0.25) is 0 Å². The van der Waals surface area contributed by atoms with Crippen molar-refractivity contribution in [2.45, 2.75) is 45.1 Å². The van der Waals surface area contributed by atoms with Crippen LogP contribution in [0.3, 0.4) is 0 Å². The van der Waals surface area contributed by atoms with E-state index in [2.05, 4.69) is 60.4 Å². The number of aromatic nitrogens is 3. The normalized spacial score (nSPS) is 17.7. The van der Waals surface area contributed by atoms with Gasteiger partial charge in [-0.15, -0.1) is 0 Å². The van der Waals surface area contributed by atoms with E-state index in [4.69, 9.17) is 0 Å². The lowest BCUT2D eigenvalue weighted by Gasteiger charge is -2.18. The molecule has 26 heavy (non-hydrogen) atoms. The van der Waals surface area contributed by atoms with Crippen LogP contribution in [0.4, 0.5) is 0 Å². The molecule has 0 saturated carbocycles. The number of hydrogen-bond donors (Lipinski definition) is 2. The number of rotatable bonds is 2. The molecule has 2 N–H and O–H groups in total. The van der Waals surface area contributed by atoms with Crippen molar-refractivity contribution in [2.75, 3.05) is 0 Å². The number of fused-ring (bicyclic) bond motifs is 1. The maximum atomic E-state index is 12.4. The molecule has 0 aliphatic carbocycles. The molecule has 0 spiro atoms. The van der Waals surface area contributed by atoms with Gasteiger partial charge in [-0.05, 0) is 23.0 Å². The molecule has 0 radical (unpaired) electrons. The average Bonchev–Trinajstić information content (AvgIpc) is 3.20. The van der Waals surface area contributed by atoms with Gasteiger partial charge in [0, 0.05) is 18.6 Å². The van der Waals surface area contributed by atoms with Gasteiger partial charge in [-0.2, -0.15) is 0 Å². The van der Waals surface area contributed by atoms with E-state index in [9.17, 15) is 9.59 Å². The Morgan fingerprint density at radius 1 is 1.12 bits per heavy atom. The molecule has 1 aliphatic heterocycles. The number of amides is 1. The maximum absolute atomic E-state index is 12.4. The molecule has 2 aromatic heterocycles. The molecule has 1 fully saturated rings. The maximum Gasteiger partial charge on any atom is 0.272 e. The molecule has 1 amide bonds. The Labute approximate surface area is 151 Å². The first-order chi connectivity index (χ1) is 12.3. The lowest BCUT2D eigenvalue weighted by Crippen LogP contribution is -2.23. The van der Waals surface area contributed by atoms with Crippen LogP contribution in [-0.2, 0) is 10.2 Å². The van der Waals surface area contributed by atoms with Gasteiger partial charge in [0.15, 0.2) is 5.65 Å². The minimum Gasteiger partial charge on any atom is -0.348 e. The number of aromatic amines is 1. The Kier molecular flexibility index (Phi) is 3.72. The third-order valence-electron chi connectivity index (χ3n) is 4.88. The van der Waals surface area contributed by atoms with Crippen molar-refractivity contribution in [3.05, 3.63) is 58.0 Å². The van der Waals surface area contributed by atoms with E-state index in [-0.39, 0.29) is 22.9 Å². The molecule has 3 aromatic rings. The molecule has 6 nitrogen and oxygen atoms in total. The largest absolute Gasteiger partial charge is 0.348 e. The van der Waals surface area contributed by atoms with Gasteiger partial charge >= 0.3 is 0 Å². The van der Waals surface area contributed by atoms with E-state index in [1.165, 1.54) is 16.1 Å². The summed E-state index contributed by atoms with van der Waals surface area (Å²) in [4.78, 5) is 28.5. The van der Waals surface area contributed by atoms with Crippen LogP contribution in [0.5, 0.6) is 0 Å². The van der Waals surface area contributed by atoms with Crippen LogP contribution in [0.1, 0.15) is 50.9 Å². The molecular weight excluding hydrogens is 328 g/mol. The summed E-state index contributed by atoms with van der Waals surface area (Å²) in [5.41, 5.74) is 4.19. The van der Waals surface area contributed by atoms with Crippen LogP contribution in [-0.4, -0.2) is 20.5 Å². The SMILES string of the molecule is CC(C)(C)c1ccc(-c2cc3nc(C4CCC(=O)N4)cc(=O)n3[nH]2)cc1. The van der Waals surface area contributed by atoms with Gasteiger partial charge in [-0.25, -0.2) is 9.50 Å². The van der Waals surface area contributed by atoms with Crippen LogP contribution < -0.4 is 10.9 Å². The zero-order valence-corrected chi connectivity index (χ0v) is 15.2. The van der Waals surface area contributed by atoms with Gasteiger partial charge in [-0.1, -0.05) is 45.0 Å². The Hall–Kier alpha value is -2.89. The summed E-state index contributed by atoms with van der Waals surface area (Å²) in [6.07, 6.45) is 1.15. The first kappa shape index (κ1) is 16.6. The summed E-state index contributed by atoms with van der Waals surface area (Å²) in [5, 5.41) is 5.98. The molecule has 4 rings (SSSR count). The van der Waals surface area contributed by atoms with Crippen molar-refractivity contribution in [2.24, 2.45) is 0 Å². The fourth-order valence-electron chi connectivity index (χ4n) is 3.32. The highest BCUT2D eigenvalue weighted by Crippen LogP contribution is 2.26. The van der Waals surface area contributed by atoms with Crippen LogP contribution in [0.15, 0.2) is 41.2 Å². The first-order valence-electron chi connectivity index (χ1n) is 8.84. The van der Waals surface area contributed by atoms with E-state index < -0.39 is 0 Å². The number of nitrogens with one attached hydrogen (secondary N) is 2. The predicted molar refractivity (Wildman–Crippen MR) is 100 cm³/mol. The van der Waals surface area contributed by atoms with Crippen molar-refractivity contribution in [1.82, 2.24) is 19.9 Å². The number of nitrogens with zero attached hydrogens (tertiary/aromatic N) is 2. The second kappa shape index (κ2) is 5.83. The van der Waals surface area contributed by atoms with Crippen molar-refractivity contribution in [3.63, 3.8) is 0 Å². The minimum atomic E-state index is -0.177. The monoisotopic (exact) mass is 350 g/mol.